The number of carbonyl (C=O) groups is 2. The largest absolute Gasteiger partial charge is 0.504 e. The van der Waals surface area contributed by atoms with Crippen LogP contribution in [0.4, 0.5) is 15.9 Å². The Morgan fingerprint density at radius 3 is 2.58 bits per heavy atom. The molecule has 4 N–H and O–H groups in total. The average molecular weight is 614 g/mol. The van der Waals surface area contributed by atoms with E-state index in [1.54, 1.807) is 6.07 Å². The molecule has 0 spiro atoms. The fourth-order valence-electron chi connectivity index (χ4n) is 5.19. The second kappa shape index (κ2) is 11.5. The van der Waals surface area contributed by atoms with Gasteiger partial charge in [0.25, 0.3) is 11.5 Å². The minimum atomic E-state index is -1.04. The smallest absolute Gasteiger partial charge is 0.263 e. The van der Waals surface area contributed by atoms with Crippen LogP contribution in [0.3, 0.4) is 0 Å². The van der Waals surface area contributed by atoms with Crippen LogP contribution in [0.5, 0.6) is 11.5 Å². The summed E-state index contributed by atoms with van der Waals surface area (Å²) in [6.07, 6.45) is 4.06. The zero-order chi connectivity index (χ0) is 31.2. The molecule has 1 aliphatic rings. The summed E-state index contributed by atoms with van der Waals surface area (Å²) in [5.74, 6) is -3.39. The Hall–Kier alpha value is -4.69. The molecular weight excluding hydrogens is 585 g/mol. The third-order valence-corrected chi connectivity index (χ3v) is 7.37. The van der Waals surface area contributed by atoms with Crippen LogP contribution in [0.15, 0.2) is 35.6 Å². The molecule has 43 heavy (non-hydrogen) atoms. The van der Waals surface area contributed by atoms with Gasteiger partial charge in [-0.2, -0.15) is 0 Å². The SMILES string of the molecule is COc1c(O)c(C(N)=O)cc(-c2cn(CC(=O)Nc3cc(N4C[C@@H](C)O[C@@H](C)C4)ncc3Cl)c3ncn(C)c(=O)c23)c1F. The number of primary amides is 1. The van der Waals surface area contributed by atoms with Crippen molar-refractivity contribution < 1.29 is 28.6 Å². The van der Waals surface area contributed by atoms with Gasteiger partial charge in [0, 0.05) is 43.5 Å². The number of carbonyl (C=O) groups excluding carboxylic acids is 2. The normalized spacial score (nSPS) is 16.8. The second-order valence-corrected chi connectivity index (χ2v) is 10.7. The van der Waals surface area contributed by atoms with Crippen LogP contribution < -0.4 is 26.2 Å². The van der Waals surface area contributed by atoms with E-state index in [1.807, 2.05) is 18.7 Å². The lowest BCUT2D eigenvalue weighted by atomic mass is 10.0. The number of halogens is 2. The first-order valence-electron chi connectivity index (χ1n) is 13.2. The van der Waals surface area contributed by atoms with Crippen LogP contribution in [-0.4, -0.2) is 68.4 Å². The fourth-order valence-corrected chi connectivity index (χ4v) is 5.34. The Morgan fingerprint density at radius 1 is 1.23 bits per heavy atom. The Kier molecular flexibility index (Phi) is 7.99. The maximum Gasteiger partial charge on any atom is 0.263 e. The molecule has 0 radical (unpaired) electrons. The van der Waals surface area contributed by atoms with Gasteiger partial charge >= 0.3 is 0 Å². The molecular formula is C28H29ClFN7O6. The highest BCUT2D eigenvalue weighted by molar-refractivity contribution is 6.33. The summed E-state index contributed by atoms with van der Waals surface area (Å²) in [5, 5.41) is 13.3. The Bertz CT molecular complexity index is 1810. The number of aromatic nitrogens is 4. The number of benzene rings is 1. The Balaban J connectivity index is 1.53. The van der Waals surface area contributed by atoms with Gasteiger partial charge in [0.2, 0.25) is 5.91 Å². The molecule has 0 unspecified atom stereocenters. The molecule has 15 heteroatoms. The highest BCUT2D eigenvalue weighted by Crippen LogP contribution is 2.41. The predicted octanol–water partition coefficient (Wildman–Crippen LogP) is 2.65. The summed E-state index contributed by atoms with van der Waals surface area (Å²) in [7, 11) is 2.57. The number of fused-ring (bicyclic) bond motifs is 1. The standard InChI is InChI=1S/C28H29ClFN7O6/c1-13-8-36(9-14(2)43-13)20-6-19(18(29)7-32-20)34-21(38)11-37-10-17(22-27(37)33-12-35(3)28(22)41)15-5-16(26(31)40)24(39)25(42-4)23(15)30/h5-7,10,12-14,39H,8-9,11H2,1-4H3,(H2,31,40)(H,32,34,38)/t13-,14+. The minimum absolute atomic E-state index is 0.00636. The molecule has 1 aliphatic heterocycles. The van der Waals surface area contributed by atoms with Crippen molar-refractivity contribution in [1.29, 1.82) is 0 Å². The number of nitrogens with two attached hydrogens (primary N) is 1. The maximum absolute atomic E-state index is 15.6. The lowest BCUT2D eigenvalue weighted by molar-refractivity contribution is -0.116. The number of ether oxygens (including phenoxy) is 2. The highest BCUT2D eigenvalue weighted by Gasteiger charge is 2.27. The number of hydrogen-bond donors (Lipinski definition) is 3. The van der Waals surface area contributed by atoms with Gasteiger partial charge in [0.15, 0.2) is 17.3 Å². The molecule has 4 aromatic rings. The molecule has 226 valence electrons. The van der Waals surface area contributed by atoms with E-state index >= 15 is 4.39 Å². The van der Waals surface area contributed by atoms with Gasteiger partial charge in [-0.25, -0.2) is 14.4 Å². The van der Waals surface area contributed by atoms with Crippen molar-refractivity contribution in [3.8, 4) is 22.6 Å². The number of morpholine rings is 1. The fraction of sp³-hybridized carbons (Fsp3) is 0.321. The lowest BCUT2D eigenvalue weighted by Gasteiger charge is -2.36. The van der Waals surface area contributed by atoms with Crippen LogP contribution in [0.25, 0.3) is 22.2 Å². The zero-order valence-corrected chi connectivity index (χ0v) is 24.5. The van der Waals surface area contributed by atoms with Crippen molar-refractivity contribution in [1.82, 2.24) is 19.1 Å². The molecule has 0 bridgehead atoms. The third-order valence-electron chi connectivity index (χ3n) is 7.06. The quantitative estimate of drug-likeness (QED) is 0.284. The number of nitrogens with one attached hydrogen (secondary N) is 1. The summed E-state index contributed by atoms with van der Waals surface area (Å²) in [5.41, 5.74) is 4.59. The van der Waals surface area contributed by atoms with Crippen LogP contribution in [-0.2, 0) is 23.1 Å². The van der Waals surface area contributed by atoms with E-state index in [0.717, 1.165) is 13.2 Å². The first-order valence-corrected chi connectivity index (χ1v) is 13.6. The van der Waals surface area contributed by atoms with Gasteiger partial charge in [-0.1, -0.05) is 11.6 Å². The van der Waals surface area contributed by atoms with Crippen LogP contribution >= 0.6 is 11.6 Å². The maximum atomic E-state index is 15.6. The van der Waals surface area contributed by atoms with E-state index in [2.05, 4.69) is 15.3 Å². The highest BCUT2D eigenvalue weighted by atomic mass is 35.5. The van der Waals surface area contributed by atoms with Crippen molar-refractivity contribution in [2.24, 2.45) is 12.8 Å². The van der Waals surface area contributed by atoms with Crippen LogP contribution in [0.2, 0.25) is 5.02 Å². The van der Waals surface area contributed by atoms with E-state index in [-0.39, 0.29) is 45.9 Å². The van der Waals surface area contributed by atoms with E-state index in [9.17, 15) is 19.5 Å². The van der Waals surface area contributed by atoms with Gasteiger partial charge in [-0.05, 0) is 19.9 Å². The van der Waals surface area contributed by atoms with Gasteiger partial charge in [0.05, 0.1) is 53.5 Å². The molecule has 3 aromatic heterocycles. The molecule has 0 saturated carbocycles. The summed E-state index contributed by atoms with van der Waals surface area (Å²) < 4.78 is 28.9. The number of hydrogen-bond acceptors (Lipinski definition) is 9. The average Bonchev–Trinajstić information content (AvgIpc) is 3.29. The number of amides is 2. The zero-order valence-electron chi connectivity index (χ0n) is 23.7. The molecule has 0 aliphatic carbocycles. The summed E-state index contributed by atoms with van der Waals surface area (Å²) in [6.45, 7) is 4.82. The molecule has 1 fully saturated rings. The van der Waals surface area contributed by atoms with E-state index in [1.165, 1.54) is 34.9 Å². The third kappa shape index (κ3) is 5.58. The summed E-state index contributed by atoms with van der Waals surface area (Å²) in [6, 6.07) is 2.69. The van der Waals surface area contributed by atoms with Crippen molar-refractivity contribution in [3.63, 3.8) is 0 Å². The molecule has 13 nitrogen and oxygen atoms in total. The number of anilines is 2. The number of pyridine rings is 1. The lowest BCUT2D eigenvalue weighted by Crippen LogP contribution is -2.45. The number of rotatable bonds is 7. The topological polar surface area (TPSA) is 167 Å². The van der Waals surface area contributed by atoms with Gasteiger partial charge in [-0.15, -0.1) is 0 Å². The second-order valence-electron chi connectivity index (χ2n) is 10.3. The summed E-state index contributed by atoms with van der Waals surface area (Å²) >= 11 is 6.36. The monoisotopic (exact) mass is 613 g/mol. The van der Waals surface area contributed by atoms with E-state index in [4.69, 9.17) is 26.8 Å². The first-order chi connectivity index (χ1) is 20.4. The Morgan fingerprint density at radius 2 is 1.93 bits per heavy atom. The molecule has 5 rings (SSSR count). The van der Waals surface area contributed by atoms with Crippen molar-refractivity contribution in [3.05, 3.63) is 57.6 Å². The molecule has 2 amide bonds. The number of aromatic hydroxyl groups is 1. The predicted molar refractivity (Wildman–Crippen MR) is 157 cm³/mol. The van der Waals surface area contributed by atoms with Gasteiger partial charge in [-0.3, -0.25) is 14.4 Å². The minimum Gasteiger partial charge on any atom is -0.504 e. The first kappa shape index (κ1) is 29.8. The number of aryl methyl sites for hydroxylation is 1. The van der Waals surface area contributed by atoms with Crippen molar-refractivity contribution in [2.45, 2.75) is 32.6 Å². The molecule has 1 saturated heterocycles. The van der Waals surface area contributed by atoms with E-state index in [0.29, 0.717) is 24.6 Å². The Labute approximate surface area is 249 Å². The molecule has 1 aromatic carbocycles. The summed E-state index contributed by atoms with van der Waals surface area (Å²) in [4.78, 5) is 49.2. The number of nitrogens with zero attached hydrogens (tertiary/aromatic N) is 5. The van der Waals surface area contributed by atoms with Crippen molar-refractivity contribution in [2.75, 3.05) is 30.4 Å². The van der Waals surface area contributed by atoms with Crippen LogP contribution in [0.1, 0.15) is 24.2 Å². The molecule has 2 atom stereocenters. The van der Waals surface area contributed by atoms with Crippen LogP contribution in [0, 0.1) is 5.82 Å². The van der Waals surface area contributed by atoms with Crippen molar-refractivity contribution >= 4 is 46.0 Å². The van der Waals surface area contributed by atoms with Gasteiger partial charge < -0.3 is 39.7 Å². The number of phenols is 1. The number of methoxy groups -OCH3 is 1. The van der Waals surface area contributed by atoms with E-state index < -0.39 is 40.3 Å². The molecule has 4 heterocycles. The van der Waals surface area contributed by atoms with Gasteiger partial charge in [0.1, 0.15) is 18.0 Å².